The van der Waals surface area contributed by atoms with E-state index in [2.05, 4.69) is 20.2 Å². The summed E-state index contributed by atoms with van der Waals surface area (Å²) in [4.78, 5) is 22.8. The molecule has 0 radical (unpaired) electrons. The number of nitrogens with zero attached hydrogens (tertiary/aromatic N) is 3. The molecule has 20 heavy (non-hydrogen) atoms. The van der Waals surface area contributed by atoms with Gasteiger partial charge in [-0.05, 0) is 25.7 Å². The van der Waals surface area contributed by atoms with Crippen molar-refractivity contribution in [3.05, 3.63) is 12.5 Å². The molecule has 2 aliphatic rings. The van der Waals surface area contributed by atoms with Crippen molar-refractivity contribution in [3.63, 3.8) is 0 Å². The Hall–Kier alpha value is -1.69. The average Bonchev–Trinajstić information content (AvgIpc) is 3.03. The van der Waals surface area contributed by atoms with E-state index >= 15 is 0 Å². The number of nitrogens with one attached hydrogen (secondary N) is 1. The third-order valence-corrected chi connectivity index (χ3v) is 3.89. The van der Waals surface area contributed by atoms with E-state index in [1.807, 2.05) is 0 Å². The first-order chi connectivity index (χ1) is 9.84. The van der Waals surface area contributed by atoms with Gasteiger partial charge in [0, 0.05) is 19.7 Å². The van der Waals surface area contributed by atoms with Crippen molar-refractivity contribution < 1.29 is 9.53 Å². The lowest BCUT2D eigenvalue weighted by Gasteiger charge is -2.23. The van der Waals surface area contributed by atoms with Gasteiger partial charge in [0.15, 0.2) is 5.82 Å². The molecule has 0 aliphatic carbocycles. The van der Waals surface area contributed by atoms with Crippen LogP contribution in [0.4, 0.5) is 11.5 Å². The predicted octanol–water partition coefficient (Wildman–Crippen LogP) is 1.44. The smallest absolute Gasteiger partial charge is 0.229 e. The van der Waals surface area contributed by atoms with Crippen molar-refractivity contribution in [2.75, 3.05) is 36.5 Å². The second kappa shape index (κ2) is 6.17. The topological polar surface area (TPSA) is 67.4 Å². The molecule has 2 aliphatic heterocycles. The molecule has 0 unspecified atom stereocenters. The van der Waals surface area contributed by atoms with Gasteiger partial charge in [-0.1, -0.05) is 0 Å². The van der Waals surface area contributed by atoms with Gasteiger partial charge >= 0.3 is 0 Å². The Morgan fingerprint density at radius 1 is 1.35 bits per heavy atom. The molecule has 6 nitrogen and oxygen atoms in total. The van der Waals surface area contributed by atoms with Crippen LogP contribution in [0.25, 0.3) is 0 Å². The third kappa shape index (κ3) is 2.90. The Labute approximate surface area is 118 Å². The summed E-state index contributed by atoms with van der Waals surface area (Å²) in [5.41, 5.74) is 0.713. The summed E-state index contributed by atoms with van der Waals surface area (Å²) in [5, 5.41) is 2.97. The molecule has 0 bridgehead atoms. The van der Waals surface area contributed by atoms with Gasteiger partial charge in [0.1, 0.15) is 12.0 Å². The molecular weight excluding hydrogens is 256 g/mol. The first-order valence-corrected chi connectivity index (χ1v) is 7.28. The van der Waals surface area contributed by atoms with Crippen molar-refractivity contribution >= 4 is 17.4 Å². The minimum Gasteiger partial charge on any atom is -0.381 e. The minimum absolute atomic E-state index is 0.0138. The van der Waals surface area contributed by atoms with Crippen LogP contribution in [0.5, 0.6) is 0 Å². The molecular formula is C14H20N4O2. The number of rotatable bonds is 3. The molecule has 0 saturated carbocycles. The number of carbonyl (C=O) groups is 1. The minimum atomic E-state index is -0.0598. The molecule has 108 valence electrons. The SMILES string of the molecule is O=C(Nc1cncnc1N1CCCC1)[C@H]1CCCOC1. The zero-order valence-corrected chi connectivity index (χ0v) is 11.5. The Kier molecular flexibility index (Phi) is 4.11. The van der Waals surface area contributed by atoms with E-state index in [9.17, 15) is 4.79 Å². The van der Waals surface area contributed by atoms with Crippen LogP contribution in [0.2, 0.25) is 0 Å². The van der Waals surface area contributed by atoms with Gasteiger partial charge < -0.3 is 15.0 Å². The number of amides is 1. The van der Waals surface area contributed by atoms with E-state index < -0.39 is 0 Å². The maximum absolute atomic E-state index is 12.3. The number of ether oxygens (including phenoxy) is 1. The van der Waals surface area contributed by atoms with E-state index in [-0.39, 0.29) is 11.8 Å². The summed E-state index contributed by atoms with van der Waals surface area (Å²) in [6.45, 7) is 3.26. The highest BCUT2D eigenvalue weighted by Crippen LogP contribution is 2.26. The van der Waals surface area contributed by atoms with Gasteiger partial charge in [-0.15, -0.1) is 0 Å². The summed E-state index contributed by atoms with van der Waals surface area (Å²) < 4.78 is 5.37. The maximum atomic E-state index is 12.3. The number of anilines is 2. The lowest BCUT2D eigenvalue weighted by atomic mass is 10.0. The lowest BCUT2D eigenvalue weighted by molar-refractivity contribution is -0.123. The van der Waals surface area contributed by atoms with Gasteiger partial charge in [-0.3, -0.25) is 4.79 Å². The van der Waals surface area contributed by atoms with E-state index in [4.69, 9.17) is 4.74 Å². The first kappa shape index (κ1) is 13.3. The van der Waals surface area contributed by atoms with Gasteiger partial charge in [-0.2, -0.15) is 0 Å². The Balaban J connectivity index is 1.71. The Bertz CT molecular complexity index is 468. The van der Waals surface area contributed by atoms with Gasteiger partial charge in [0.25, 0.3) is 0 Å². The zero-order valence-electron chi connectivity index (χ0n) is 11.5. The first-order valence-electron chi connectivity index (χ1n) is 7.28. The lowest BCUT2D eigenvalue weighted by Crippen LogP contribution is -2.31. The summed E-state index contributed by atoms with van der Waals surface area (Å²) >= 11 is 0. The summed E-state index contributed by atoms with van der Waals surface area (Å²) in [6, 6.07) is 0. The van der Waals surface area contributed by atoms with Crippen molar-refractivity contribution in [1.82, 2.24) is 9.97 Å². The fraction of sp³-hybridized carbons (Fsp3) is 0.643. The average molecular weight is 276 g/mol. The molecule has 0 aromatic carbocycles. The van der Waals surface area contributed by atoms with Crippen molar-refractivity contribution in [3.8, 4) is 0 Å². The van der Waals surface area contributed by atoms with Crippen LogP contribution in [0.3, 0.4) is 0 Å². The number of carbonyl (C=O) groups excluding carboxylic acids is 1. The molecule has 1 N–H and O–H groups in total. The zero-order chi connectivity index (χ0) is 13.8. The normalized spacial score (nSPS) is 22.8. The largest absolute Gasteiger partial charge is 0.381 e. The molecule has 2 fully saturated rings. The molecule has 0 spiro atoms. The van der Waals surface area contributed by atoms with Crippen molar-refractivity contribution in [2.45, 2.75) is 25.7 Å². The van der Waals surface area contributed by atoms with Crippen LogP contribution in [-0.2, 0) is 9.53 Å². The maximum Gasteiger partial charge on any atom is 0.229 e. The summed E-state index contributed by atoms with van der Waals surface area (Å²) in [5.74, 6) is 0.790. The number of hydrogen-bond donors (Lipinski definition) is 1. The third-order valence-electron chi connectivity index (χ3n) is 3.89. The van der Waals surface area contributed by atoms with E-state index in [0.717, 1.165) is 38.4 Å². The highest BCUT2D eigenvalue weighted by Gasteiger charge is 2.24. The highest BCUT2D eigenvalue weighted by atomic mass is 16.5. The van der Waals surface area contributed by atoms with Crippen LogP contribution in [0.15, 0.2) is 12.5 Å². The Morgan fingerprint density at radius 2 is 2.20 bits per heavy atom. The molecule has 1 aromatic heterocycles. The second-order valence-corrected chi connectivity index (χ2v) is 5.36. The van der Waals surface area contributed by atoms with Crippen LogP contribution < -0.4 is 10.2 Å². The van der Waals surface area contributed by atoms with Crippen LogP contribution in [0.1, 0.15) is 25.7 Å². The molecule has 3 heterocycles. The van der Waals surface area contributed by atoms with Crippen molar-refractivity contribution in [2.24, 2.45) is 5.92 Å². The highest BCUT2D eigenvalue weighted by molar-refractivity contribution is 5.95. The fourth-order valence-corrected chi connectivity index (χ4v) is 2.77. The standard InChI is InChI=1S/C14H20N4O2/c19-14(11-4-3-7-20-9-11)17-12-8-15-10-16-13(12)18-5-1-2-6-18/h8,10-11H,1-7,9H2,(H,17,19)/t11-/m0/s1. The fourth-order valence-electron chi connectivity index (χ4n) is 2.77. The van der Waals surface area contributed by atoms with Crippen molar-refractivity contribution in [1.29, 1.82) is 0 Å². The summed E-state index contributed by atoms with van der Waals surface area (Å²) in [6.07, 6.45) is 7.40. The molecule has 3 rings (SSSR count). The molecule has 2 saturated heterocycles. The molecule has 1 atom stereocenters. The van der Waals surface area contributed by atoms with E-state index in [1.54, 1.807) is 6.20 Å². The van der Waals surface area contributed by atoms with E-state index in [0.29, 0.717) is 12.3 Å². The van der Waals surface area contributed by atoms with Crippen LogP contribution in [-0.4, -0.2) is 42.2 Å². The molecule has 1 amide bonds. The van der Waals surface area contributed by atoms with Crippen LogP contribution >= 0.6 is 0 Å². The number of aromatic nitrogens is 2. The quantitative estimate of drug-likeness (QED) is 0.905. The predicted molar refractivity (Wildman–Crippen MR) is 75.7 cm³/mol. The van der Waals surface area contributed by atoms with E-state index in [1.165, 1.54) is 19.2 Å². The van der Waals surface area contributed by atoms with Gasteiger partial charge in [0.05, 0.1) is 18.7 Å². The summed E-state index contributed by atoms with van der Waals surface area (Å²) in [7, 11) is 0. The van der Waals surface area contributed by atoms with Crippen LogP contribution in [0, 0.1) is 5.92 Å². The molecule has 6 heteroatoms. The molecule has 1 aromatic rings. The second-order valence-electron chi connectivity index (χ2n) is 5.36. The monoisotopic (exact) mass is 276 g/mol. The van der Waals surface area contributed by atoms with Gasteiger partial charge in [0.2, 0.25) is 5.91 Å². The van der Waals surface area contributed by atoms with Gasteiger partial charge in [-0.25, -0.2) is 9.97 Å². The number of hydrogen-bond acceptors (Lipinski definition) is 5. The Morgan fingerprint density at radius 3 is 2.95 bits per heavy atom.